The predicted octanol–water partition coefficient (Wildman–Crippen LogP) is 0.997. The molecule has 1 aromatic rings. The molecule has 0 aliphatic heterocycles. The van der Waals surface area contributed by atoms with Crippen molar-refractivity contribution in [1.82, 2.24) is 10.6 Å². The molecule has 0 fully saturated rings. The van der Waals surface area contributed by atoms with Crippen LogP contribution < -0.4 is 10.6 Å². The van der Waals surface area contributed by atoms with Gasteiger partial charge >= 0.3 is 0 Å². The largest absolute Gasteiger partial charge is 0.394 e. The van der Waals surface area contributed by atoms with E-state index < -0.39 is 12.1 Å². The van der Waals surface area contributed by atoms with Crippen LogP contribution in [0.1, 0.15) is 32.4 Å². The minimum Gasteiger partial charge on any atom is -0.394 e. The van der Waals surface area contributed by atoms with Gasteiger partial charge in [-0.05, 0) is 11.5 Å². The van der Waals surface area contributed by atoms with Gasteiger partial charge in [-0.15, -0.1) is 0 Å². The van der Waals surface area contributed by atoms with Crippen molar-refractivity contribution in [3.63, 3.8) is 0 Å². The molecule has 20 heavy (non-hydrogen) atoms. The Morgan fingerprint density at radius 1 is 1.15 bits per heavy atom. The fourth-order valence-electron chi connectivity index (χ4n) is 1.94. The summed E-state index contributed by atoms with van der Waals surface area (Å²) in [6, 6.07) is 8.15. The minimum absolute atomic E-state index is 0.0333. The number of hydrogen-bond donors (Lipinski definition) is 3. The first-order valence-electron chi connectivity index (χ1n) is 6.69. The van der Waals surface area contributed by atoms with E-state index in [4.69, 9.17) is 0 Å². The number of rotatable bonds is 6. The van der Waals surface area contributed by atoms with Crippen molar-refractivity contribution in [3.8, 4) is 0 Å². The molecule has 5 nitrogen and oxygen atoms in total. The van der Waals surface area contributed by atoms with Gasteiger partial charge in [-0.1, -0.05) is 44.2 Å². The molecule has 0 aliphatic rings. The summed E-state index contributed by atoms with van der Waals surface area (Å²) in [5.74, 6) is -0.578. The fourth-order valence-corrected chi connectivity index (χ4v) is 1.94. The number of carbonyl (C=O) groups excluding carboxylic acids is 2. The lowest BCUT2D eigenvalue weighted by molar-refractivity contribution is -0.129. The Morgan fingerprint density at radius 3 is 2.20 bits per heavy atom. The summed E-state index contributed by atoms with van der Waals surface area (Å²) >= 11 is 0. The second-order valence-electron chi connectivity index (χ2n) is 5.08. The SMILES string of the molecule is CC(=O)NC(C(=O)N[C@H](CO)c1ccccc1)C(C)C. The summed E-state index contributed by atoms with van der Waals surface area (Å²) in [4.78, 5) is 23.4. The maximum absolute atomic E-state index is 12.2. The van der Waals surface area contributed by atoms with E-state index in [0.29, 0.717) is 0 Å². The Bertz CT molecular complexity index is 446. The first-order chi connectivity index (χ1) is 9.45. The lowest BCUT2D eigenvalue weighted by atomic mass is 10.0. The van der Waals surface area contributed by atoms with Crippen molar-refractivity contribution < 1.29 is 14.7 Å². The molecular weight excluding hydrogens is 256 g/mol. The number of aliphatic hydroxyl groups is 1. The zero-order valence-electron chi connectivity index (χ0n) is 12.1. The van der Waals surface area contributed by atoms with Crippen LogP contribution in [0.4, 0.5) is 0 Å². The third-order valence-electron chi connectivity index (χ3n) is 3.01. The molecule has 2 amide bonds. The predicted molar refractivity (Wildman–Crippen MR) is 76.9 cm³/mol. The van der Waals surface area contributed by atoms with E-state index in [0.717, 1.165) is 5.56 Å². The van der Waals surface area contributed by atoms with Crippen molar-refractivity contribution in [2.24, 2.45) is 5.92 Å². The Hall–Kier alpha value is -1.88. The molecule has 1 unspecified atom stereocenters. The van der Waals surface area contributed by atoms with Crippen LogP contribution in [0.2, 0.25) is 0 Å². The van der Waals surface area contributed by atoms with Crippen LogP contribution >= 0.6 is 0 Å². The minimum atomic E-state index is -0.606. The summed E-state index contributed by atoms with van der Waals surface area (Å²) < 4.78 is 0. The van der Waals surface area contributed by atoms with E-state index in [1.807, 2.05) is 44.2 Å². The smallest absolute Gasteiger partial charge is 0.243 e. The van der Waals surface area contributed by atoms with Gasteiger partial charge in [0.15, 0.2) is 0 Å². The van der Waals surface area contributed by atoms with Gasteiger partial charge in [0.25, 0.3) is 0 Å². The fraction of sp³-hybridized carbons (Fsp3) is 0.467. The Morgan fingerprint density at radius 2 is 1.75 bits per heavy atom. The third-order valence-corrected chi connectivity index (χ3v) is 3.01. The highest BCUT2D eigenvalue weighted by atomic mass is 16.3. The zero-order chi connectivity index (χ0) is 15.1. The molecule has 0 radical (unpaired) electrons. The van der Waals surface area contributed by atoms with Crippen LogP contribution in [0, 0.1) is 5.92 Å². The second-order valence-corrected chi connectivity index (χ2v) is 5.08. The number of hydrogen-bond acceptors (Lipinski definition) is 3. The maximum Gasteiger partial charge on any atom is 0.243 e. The maximum atomic E-state index is 12.2. The van der Waals surface area contributed by atoms with Gasteiger partial charge in [0.05, 0.1) is 12.6 Å². The zero-order valence-corrected chi connectivity index (χ0v) is 12.1. The van der Waals surface area contributed by atoms with Gasteiger partial charge in [0.2, 0.25) is 11.8 Å². The van der Waals surface area contributed by atoms with E-state index in [9.17, 15) is 14.7 Å². The first kappa shape index (κ1) is 16.2. The molecular formula is C15H22N2O3. The number of carbonyl (C=O) groups is 2. The van der Waals surface area contributed by atoms with Crippen molar-refractivity contribution in [2.45, 2.75) is 32.9 Å². The van der Waals surface area contributed by atoms with Gasteiger partial charge in [0.1, 0.15) is 6.04 Å². The summed E-state index contributed by atoms with van der Waals surface area (Å²) in [5, 5.41) is 14.8. The van der Waals surface area contributed by atoms with Gasteiger partial charge in [-0.25, -0.2) is 0 Å². The summed E-state index contributed by atoms with van der Waals surface area (Å²) in [6.07, 6.45) is 0. The highest BCUT2D eigenvalue weighted by molar-refractivity contribution is 5.87. The topological polar surface area (TPSA) is 78.4 Å². The molecule has 0 saturated heterocycles. The van der Waals surface area contributed by atoms with E-state index in [2.05, 4.69) is 10.6 Å². The Kier molecular flexibility index (Phi) is 6.18. The number of aliphatic hydroxyl groups excluding tert-OH is 1. The van der Waals surface area contributed by atoms with Crippen LogP contribution in [0.15, 0.2) is 30.3 Å². The summed E-state index contributed by atoms with van der Waals surface area (Å²) in [6.45, 7) is 4.90. The summed E-state index contributed by atoms with van der Waals surface area (Å²) in [5.41, 5.74) is 0.827. The molecule has 0 bridgehead atoms. The van der Waals surface area contributed by atoms with Gasteiger partial charge in [-0.2, -0.15) is 0 Å². The molecule has 0 heterocycles. The van der Waals surface area contributed by atoms with Gasteiger partial charge in [-0.3, -0.25) is 9.59 Å². The highest BCUT2D eigenvalue weighted by Crippen LogP contribution is 2.13. The molecule has 0 spiro atoms. The lowest BCUT2D eigenvalue weighted by Crippen LogP contribution is -2.50. The van der Waals surface area contributed by atoms with Crippen LogP contribution in [-0.2, 0) is 9.59 Å². The number of nitrogens with one attached hydrogen (secondary N) is 2. The molecule has 110 valence electrons. The highest BCUT2D eigenvalue weighted by Gasteiger charge is 2.25. The van der Waals surface area contributed by atoms with Crippen LogP contribution in [0.3, 0.4) is 0 Å². The molecule has 0 aliphatic carbocycles. The van der Waals surface area contributed by atoms with Crippen molar-refractivity contribution in [1.29, 1.82) is 0 Å². The van der Waals surface area contributed by atoms with Gasteiger partial charge in [0, 0.05) is 6.92 Å². The average Bonchev–Trinajstić information content (AvgIpc) is 2.42. The monoisotopic (exact) mass is 278 g/mol. The van der Waals surface area contributed by atoms with Crippen molar-refractivity contribution in [2.75, 3.05) is 6.61 Å². The quantitative estimate of drug-likeness (QED) is 0.726. The third kappa shape index (κ3) is 4.66. The standard InChI is InChI=1S/C15H22N2O3/c1-10(2)14(16-11(3)19)15(20)17-13(9-18)12-7-5-4-6-8-12/h4-8,10,13-14,18H,9H2,1-3H3,(H,16,19)(H,17,20)/t13-,14?/m1/s1. The van der Waals surface area contributed by atoms with Crippen LogP contribution in [-0.4, -0.2) is 29.6 Å². The van der Waals surface area contributed by atoms with E-state index in [1.165, 1.54) is 6.92 Å². The molecule has 3 N–H and O–H groups in total. The van der Waals surface area contributed by atoms with Gasteiger partial charge < -0.3 is 15.7 Å². The first-order valence-corrected chi connectivity index (χ1v) is 6.69. The Balaban J connectivity index is 2.77. The molecule has 1 aromatic carbocycles. The molecule has 2 atom stereocenters. The number of benzene rings is 1. The normalized spacial score (nSPS) is 13.7. The van der Waals surface area contributed by atoms with Crippen molar-refractivity contribution in [3.05, 3.63) is 35.9 Å². The van der Waals surface area contributed by atoms with E-state index in [-0.39, 0.29) is 24.3 Å². The van der Waals surface area contributed by atoms with Crippen LogP contribution in [0.25, 0.3) is 0 Å². The molecule has 0 saturated carbocycles. The Labute approximate surface area is 119 Å². The molecule has 1 rings (SSSR count). The molecule has 5 heteroatoms. The second kappa shape index (κ2) is 7.65. The lowest BCUT2D eigenvalue weighted by Gasteiger charge is -2.24. The van der Waals surface area contributed by atoms with Crippen LogP contribution in [0.5, 0.6) is 0 Å². The van der Waals surface area contributed by atoms with E-state index in [1.54, 1.807) is 0 Å². The van der Waals surface area contributed by atoms with Crippen molar-refractivity contribution >= 4 is 11.8 Å². The number of amides is 2. The van der Waals surface area contributed by atoms with E-state index >= 15 is 0 Å². The molecule has 0 aromatic heterocycles. The average molecular weight is 278 g/mol. The summed E-state index contributed by atoms with van der Waals surface area (Å²) in [7, 11) is 0.